The summed E-state index contributed by atoms with van der Waals surface area (Å²) in [4.78, 5) is 11.7. The Hall–Kier alpha value is -2.50. The van der Waals surface area contributed by atoms with Crippen molar-refractivity contribution in [3.05, 3.63) is 65.2 Å². The Morgan fingerprint density at radius 2 is 1.74 bits per heavy atom. The summed E-state index contributed by atoms with van der Waals surface area (Å²) in [6, 6.07) is 12.3. The zero-order chi connectivity index (χ0) is 16.9. The minimum absolute atomic E-state index is 0.0178. The SMILES string of the molecule is Cc1ccccc1OCC(=O)NCc1ccccc1C(F)(F)F. The normalized spacial score (nSPS) is 11.1. The number of nitrogens with one attached hydrogen (secondary N) is 1. The van der Waals surface area contributed by atoms with E-state index in [-0.39, 0.29) is 18.7 Å². The Morgan fingerprint density at radius 1 is 1.09 bits per heavy atom. The topological polar surface area (TPSA) is 38.3 Å². The summed E-state index contributed by atoms with van der Waals surface area (Å²) in [5, 5.41) is 2.44. The van der Waals surface area contributed by atoms with Crippen LogP contribution in [0.5, 0.6) is 5.75 Å². The van der Waals surface area contributed by atoms with Gasteiger partial charge in [0.2, 0.25) is 0 Å². The highest BCUT2D eigenvalue weighted by molar-refractivity contribution is 5.77. The van der Waals surface area contributed by atoms with Gasteiger partial charge in [0.25, 0.3) is 5.91 Å². The molecule has 0 spiro atoms. The molecule has 0 unspecified atom stereocenters. The summed E-state index contributed by atoms with van der Waals surface area (Å²) >= 11 is 0. The summed E-state index contributed by atoms with van der Waals surface area (Å²) in [6.07, 6.45) is -4.45. The standard InChI is InChI=1S/C17H16F3NO2/c1-12-6-2-5-9-15(12)23-11-16(22)21-10-13-7-3-4-8-14(13)17(18,19)20/h2-9H,10-11H2,1H3,(H,21,22). The van der Waals surface area contributed by atoms with Gasteiger partial charge in [-0.3, -0.25) is 4.79 Å². The van der Waals surface area contributed by atoms with E-state index in [1.54, 1.807) is 12.1 Å². The summed E-state index contributed by atoms with van der Waals surface area (Å²) in [5.74, 6) is 0.0866. The van der Waals surface area contributed by atoms with E-state index in [9.17, 15) is 18.0 Å². The van der Waals surface area contributed by atoms with Crippen molar-refractivity contribution < 1.29 is 22.7 Å². The number of alkyl halides is 3. The molecule has 2 aromatic carbocycles. The molecule has 0 bridgehead atoms. The lowest BCUT2D eigenvalue weighted by Crippen LogP contribution is -2.29. The number of carbonyl (C=O) groups is 1. The van der Waals surface area contributed by atoms with Crippen LogP contribution in [0, 0.1) is 6.92 Å². The molecule has 23 heavy (non-hydrogen) atoms. The maximum Gasteiger partial charge on any atom is 0.416 e. The highest BCUT2D eigenvalue weighted by Gasteiger charge is 2.32. The Morgan fingerprint density at radius 3 is 2.43 bits per heavy atom. The van der Waals surface area contributed by atoms with Crippen molar-refractivity contribution in [2.45, 2.75) is 19.6 Å². The van der Waals surface area contributed by atoms with Crippen LogP contribution in [0.4, 0.5) is 13.2 Å². The maximum absolute atomic E-state index is 12.8. The fraction of sp³-hybridized carbons (Fsp3) is 0.235. The van der Waals surface area contributed by atoms with Crippen LogP contribution >= 0.6 is 0 Å². The second-order valence-corrected chi connectivity index (χ2v) is 4.99. The molecule has 2 aromatic rings. The van der Waals surface area contributed by atoms with E-state index >= 15 is 0 Å². The van der Waals surface area contributed by atoms with Crippen LogP contribution in [0.1, 0.15) is 16.7 Å². The van der Waals surface area contributed by atoms with Crippen molar-refractivity contribution in [1.29, 1.82) is 0 Å². The second-order valence-electron chi connectivity index (χ2n) is 4.99. The summed E-state index contributed by atoms with van der Waals surface area (Å²) < 4.78 is 43.9. The molecule has 0 heterocycles. The van der Waals surface area contributed by atoms with E-state index in [0.29, 0.717) is 5.75 Å². The van der Waals surface area contributed by atoms with E-state index in [2.05, 4.69) is 5.32 Å². The summed E-state index contributed by atoms with van der Waals surface area (Å²) in [7, 11) is 0. The third-order valence-corrected chi connectivity index (χ3v) is 3.25. The van der Waals surface area contributed by atoms with Crippen LogP contribution in [-0.2, 0) is 17.5 Å². The van der Waals surface area contributed by atoms with Gasteiger partial charge in [-0.25, -0.2) is 0 Å². The number of hydrogen-bond donors (Lipinski definition) is 1. The molecule has 0 aliphatic carbocycles. The molecule has 0 aliphatic heterocycles. The minimum Gasteiger partial charge on any atom is -0.484 e. The molecule has 0 aromatic heterocycles. The molecule has 0 aliphatic rings. The van der Waals surface area contributed by atoms with Crippen LogP contribution in [-0.4, -0.2) is 12.5 Å². The van der Waals surface area contributed by atoms with Gasteiger partial charge < -0.3 is 10.1 Å². The Bertz CT molecular complexity index is 684. The molecule has 0 saturated carbocycles. The van der Waals surface area contributed by atoms with Crippen molar-refractivity contribution in [2.24, 2.45) is 0 Å². The van der Waals surface area contributed by atoms with Gasteiger partial charge in [0, 0.05) is 6.54 Å². The fourth-order valence-corrected chi connectivity index (χ4v) is 2.06. The first-order valence-corrected chi connectivity index (χ1v) is 6.98. The lowest BCUT2D eigenvalue weighted by atomic mass is 10.1. The van der Waals surface area contributed by atoms with Crippen molar-refractivity contribution in [1.82, 2.24) is 5.32 Å². The molecule has 1 amide bonds. The van der Waals surface area contributed by atoms with E-state index in [0.717, 1.165) is 11.6 Å². The van der Waals surface area contributed by atoms with Gasteiger partial charge in [0.1, 0.15) is 5.75 Å². The fourth-order valence-electron chi connectivity index (χ4n) is 2.06. The van der Waals surface area contributed by atoms with Crippen molar-refractivity contribution in [3.63, 3.8) is 0 Å². The van der Waals surface area contributed by atoms with E-state index < -0.39 is 17.6 Å². The van der Waals surface area contributed by atoms with Gasteiger partial charge >= 0.3 is 6.18 Å². The Labute approximate surface area is 132 Å². The van der Waals surface area contributed by atoms with Crippen LogP contribution < -0.4 is 10.1 Å². The molecule has 0 radical (unpaired) electrons. The number of para-hydroxylation sites is 1. The van der Waals surface area contributed by atoms with Crippen LogP contribution in [0.3, 0.4) is 0 Å². The number of hydrogen-bond acceptors (Lipinski definition) is 2. The van der Waals surface area contributed by atoms with Gasteiger partial charge in [0.15, 0.2) is 6.61 Å². The molecular formula is C17H16F3NO2. The molecule has 0 saturated heterocycles. The van der Waals surface area contributed by atoms with Crippen molar-refractivity contribution in [3.8, 4) is 5.75 Å². The zero-order valence-electron chi connectivity index (χ0n) is 12.5. The van der Waals surface area contributed by atoms with Crippen LogP contribution in [0.15, 0.2) is 48.5 Å². The number of halogens is 3. The number of amides is 1. The van der Waals surface area contributed by atoms with Gasteiger partial charge in [0.05, 0.1) is 5.56 Å². The lowest BCUT2D eigenvalue weighted by Gasteiger charge is -2.13. The third-order valence-electron chi connectivity index (χ3n) is 3.25. The molecule has 1 N–H and O–H groups in total. The molecular weight excluding hydrogens is 307 g/mol. The number of rotatable bonds is 5. The second kappa shape index (κ2) is 7.17. The third kappa shape index (κ3) is 4.74. The van der Waals surface area contributed by atoms with Gasteiger partial charge in [-0.2, -0.15) is 13.2 Å². The average molecular weight is 323 g/mol. The van der Waals surface area contributed by atoms with Crippen molar-refractivity contribution >= 4 is 5.91 Å². The molecule has 0 fully saturated rings. The first-order valence-electron chi connectivity index (χ1n) is 6.98. The molecule has 122 valence electrons. The summed E-state index contributed by atoms with van der Waals surface area (Å²) in [5.41, 5.74) is 0.145. The lowest BCUT2D eigenvalue weighted by molar-refractivity contribution is -0.138. The number of ether oxygens (including phenoxy) is 1. The van der Waals surface area contributed by atoms with Gasteiger partial charge in [-0.1, -0.05) is 36.4 Å². The molecule has 3 nitrogen and oxygen atoms in total. The van der Waals surface area contributed by atoms with Crippen LogP contribution in [0.25, 0.3) is 0 Å². The maximum atomic E-state index is 12.8. The summed E-state index contributed by atoms with van der Waals surface area (Å²) in [6.45, 7) is 1.39. The number of benzene rings is 2. The Kier molecular flexibility index (Phi) is 5.26. The molecule has 0 atom stereocenters. The van der Waals surface area contributed by atoms with E-state index in [1.165, 1.54) is 18.2 Å². The van der Waals surface area contributed by atoms with Gasteiger partial charge in [-0.05, 0) is 30.2 Å². The van der Waals surface area contributed by atoms with E-state index in [4.69, 9.17) is 4.74 Å². The number of carbonyl (C=O) groups excluding carboxylic acids is 1. The molecule has 6 heteroatoms. The predicted molar refractivity (Wildman–Crippen MR) is 80.0 cm³/mol. The van der Waals surface area contributed by atoms with E-state index in [1.807, 2.05) is 19.1 Å². The molecule has 2 rings (SSSR count). The quantitative estimate of drug-likeness (QED) is 0.911. The monoisotopic (exact) mass is 323 g/mol. The van der Waals surface area contributed by atoms with Crippen LogP contribution in [0.2, 0.25) is 0 Å². The predicted octanol–water partition coefficient (Wildman–Crippen LogP) is 3.71. The minimum atomic E-state index is -4.45. The average Bonchev–Trinajstić information content (AvgIpc) is 2.51. The Balaban J connectivity index is 1.92. The number of aryl methyl sites for hydroxylation is 1. The smallest absolute Gasteiger partial charge is 0.416 e. The highest BCUT2D eigenvalue weighted by Crippen LogP contribution is 2.31. The van der Waals surface area contributed by atoms with Crippen molar-refractivity contribution in [2.75, 3.05) is 6.61 Å². The highest BCUT2D eigenvalue weighted by atomic mass is 19.4. The first kappa shape index (κ1) is 16.9. The largest absolute Gasteiger partial charge is 0.484 e. The zero-order valence-corrected chi connectivity index (χ0v) is 12.5. The first-order chi connectivity index (χ1) is 10.9. The van der Waals surface area contributed by atoms with Gasteiger partial charge in [-0.15, -0.1) is 0 Å².